The van der Waals surface area contributed by atoms with Crippen LogP contribution in [-0.2, 0) is 11.3 Å². The SMILES string of the molecule is CCC1CC(C)(O)CCC1C1CCC2(C)C(CCC2C(=O)Cn2nccn2)C1. The molecule has 0 spiro atoms. The van der Waals surface area contributed by atoms with Crippen LogP contribution in [0.25, 0.3) is 0 Å². The van der Waals surface area contributed by atoms with Crippen molar-refractivity contribution in [2.24, 2.45) is 35.0 Å². The van der Waals surface area contributed by atoms with Gasteiger partial charge in [-0.3, -0.25) is 4.79 Å². The summed E-state index contributed by atoms with van der Waals surface area (Å²) in [5, 5.41) is 18.8. The number of carbonyl (C=O) groups is 1. The Bertz CT molecular complexity index is 686. The van der Waals surface area contributed by atoms with Crippen molar-refractivity contribution >= 4 is 5.78 Å². The number of aromatic nitrogens is 3. The predicted octanol–water partition coefficient (Wildman–Crippen LogP) is 4.26. The molecule has 3 fully saturated rings. The Morgan fingerprint density at radius 1 is 1.14 bits per heavy atom. The summed E-state index contributed by atoms with van der Waals surface area (Å²) in [6.45, 7) is 7.01. The second kappa shape index (κ2) is 7.55. The third kappa shape index (κ3) is 3.67. The molecule has 0 saturated heterocycles. The quantitative estimate of drug-likeness (QED) is 0.820. The smallest absolute Gasteiger partial charge is 0.159 e. The fourth-order valence-corrected chi connectivity index (χ4v) is 7.15. The lowest BCUT2D eigenvalue weighted by Crippen LogP contribution is -2.44. The molecule has 3 aliphatic rings. The zero-order valence-corrected chi connectivity index (χ0v) is 17.8. The summed E-state index contributed by atoms with van der Waals surface area (Å²) in [5.41, 5.74) is -0.311. The lowest BCUT2D eigenvalue weighted by atomic mass is 9.56. The van der Waals surface area contributed by atoms with Crippen molar-refractivity contribution in [3.05, 3.63) is 12.4 Å². The predicted molar refractivity (Wildman–Crippen MR) is 108 cm³/mol. The van der Waals surface area contributed by atoms with Crippen LogP contribution >= 0.6 is 0 Å². The Morgan fingerprint density at radius 3 is 2.61 bits per heavy atom. The summed E-state index contributed by atoms with van der Waals surface area (Å²) in [6.07, 6.45) is 13.5. The first-order chi connectivity index (χ1) is 13.3. The van der Waals surface area contributed by atoms with Crippen molar-refractivity contribution < 1.29 is 9.90 Å². The molecule has 1 aromatic heterocycles. The zero-order chi connectivity index (χ0) is 19.9. The van der Waals surface area contributed by atoms with Crippen molar-refractivity contribution in [3.8, 4) is 0 Å². The Balaban J connectivity index is 1.42. The Kier molecular flexibility index (Phi) is 5.41. The van der Waals surface area contributed by atoms with Gasteiger partial charge in [0.25, 0.3) is 0 Å². The van der Waals surface area contributed by atoms with E-state index in [-0.39, 0.29) is 11.3 Å². The fraction of sp³-hybridized carbons (Fsp3) is 0.870. The van der Waals surface area contributed by atoms with Crippen LogP contribution < -0.4 is 0 Å². The van der Waals surface area contributed by atoms with Gasteiger partial charge in [0.15, 0.2) is 5.78 Å². The summed E-state index contributed by atoms with van der Waals surface area (Å²) in [4.78, 5) is 14.5. The number of hydrogen-bond acceptors (Lipinski definition) is 4. The molecule has 28 heavy (non-hydrogen) atoms. The molecule has 3 saturated carbocycles. The number of Topliss-reactive ketones (excluding diaryl/α,β-unsaturated/α-hetero) is 1. The minimum Gasteiger partial charge on any atom is -0.390 e. The molecular weight excluding hydrogens is 350 g/mol. The standard InChI is InChI=1S/C23H37N3O2/c1-4-16-14-22(2,28)9-8-19(16)17-7-10-23(3)18(13-17)5-6-20(23)21(27)15-26-24-11-12-25-26/h11-12,16-20,28H,4-10,13-15H2,1-3H3. The van der Waals surface area contributed by atoms with Gasteiger partial charge in [0, 0.05) is 5.92 Å². The molecule has 3 aliphatic carbocycles. The van der Waals surface area contributed by atoms with Crippen molar-refractivity contribution in [1.29, 1.82) is 0 Å². The van der Waals surface area contributed by atoms with Gasteiger partial charge in [-0.2, -0.15) is 15.0 Å². The third-order valence-corrected chi connectivity index (χ3v) is 8.78. The highest BCUT2D eigenvalue weighted by Crippen LogP contribution is 2.59. The van der Waals surface area contributed by atoms with Crippen molar-refractivity contribution in [2.45, 2.75) is 90.7 Å². The molecule has 1 heterocycles. The Hall–Kier alpha value is -1.23. The van der Waals surface area contributed by atoms with Crippen molar-refractivity contribution in [3.63, 3.8) is 0 Å². The molecule has 0 bridgehead atoms. The molecule has 1 N–H and O–H groups in total. The molecule has 4 rings (SSSR count). The molecular formula is C23H37N3O2. The van der Waals surface area contributed by atoms with Crippen LogP contribution in [0.5, 0.6) is 0 Å². The average molecular weight is 388 g/mol. The number of ketones is 1. The maximum atomic E-state index is 13.0. The first kappa shape index (κ1) is 20.1. The van der Waals surface area contributed by atoms with E-state index < -0.39 is 5.60 Å². The number of rotatable bonds is 5. The van der Waals surface area contributed by atoms with E-state index in [1.807, 2.05) is 6.92 Å². The molecule has 0 radical (unpaired) electrons. The van der Waals surface area contributed by atoms with E-state index >= 15 is 0 Å². The van der Waals surface area contributed by atoms with Gasteiger partial charge >= 0.3 is 0 Å². The molecule has 156 valence electrons. The number of nitrogens with zero attached hydrogens (tertiary/aromatic N) is 3. The van der Waals surface area contributed by atoms with Crippen LogP contribution in [0.3, 0.4) is 0 Å². The van der Waals surface area contributed by atoms with Crippen LogP contribution in [0.15, 0.2) is 12.4 Å². The van der Waals surface area contributed by atoms with E-state index in [2.05, 4.69) is 24.0 Å². The molecule has 5 nitrogen and oxygen atoms in total. The van der Waals surface area contributed by atoms with Gasteiger partial charge in [-0.05, 0) is 87.4 Å². The highest BCUT2D eigenvalue weighted by atomic mass is 16.3. The van der Waals surface area contributed by atoms with Gasteiger partial charge in [-0.25, -0.2) is 0 Å². The van der Waals surface area contributed by atoms with Gasteiger partial charge < -0.3 is 5.11 Å². The maximum absolute atomic E-state index is 13.0. The van der Waals surface area contributed by atoms with Crippen LogP contribution in [0.4, 0.5) is 0 Å². The van der Waals surface area contributed by atoms with E-state index in [1.165, 1.54) is 43.3 Å². The van der Waals surface area contributed by atoms with Crippen molar-refractivity contribution in [2.75, 3.05) is 0 Å². The fourth-order valence-electron chi connectivity index (χ4n) is 7.15. The van der Waals surface area contributed by atoms with E-state index in [4.69, 9.17) is 0 Å². The van der Waals surface area contributed by atoms with Gasteiger partial charge in [-0.15, -0.1) is 0 Å². The molecule has 7 unspecified atom stereocenters. The van der Waals surface area contributed by atoms with Crippen LogP contribution in [0, 0.1) is 35.0 Å². The summed E-state index contributed by atoms with van der Waals surface area (Å²) in [7, 11) is 0. The van der Waals surface area contributed by atoms with E-state index in [0.29, 0.717) is 24.2 Å². The largest absolute Gasteiger partial charge is 0.390 e. The lowest BCUT2D eigenvalue weighted by Gasteiger charge is -2.49. The number of fused-ring (bicyclic) bond motifs is 1. The lowest BCUT2D eigenvalue weighted by molar-refractivity contribution is -0.129. The first-order valence-corrected chi connectivity index (χ1v) is 11.4. The summed E-state index contributed by atoms with van der Waals surface area (Å²) in [5.74, 6) is 3.35. The zero-order valence-electron chi connectivity index (χ0n) is 17.8. The second-order valence-electron chi connectivity index (χ2n) is 10.5. The molecule has 0 aromatic carbocycles. The van der Waals surface area contributed by atoms with Gasteiger partial charge in [0.1, 0.15) is 6.54 Å². The summed E-state index contributed by atoms with van der Waals surface area (Å²) in [6, 6.07) is 0. The molecule has 7 atom stereocenters. The van der Waals surface area contributed by atoms with E-state index in [9.17, 15) is 9.90 Å². The van der Waals surface area contributed by atoms with Crippen LogP contribution in [-0.4, -0.2) is 31.5 Å². The molecule has 0 amide bonds. The van der Waals surface area contributed by atoms with E-state index in [0.717, 1.165) is 31.1 Å². The highest BCUT2D eigenvalue weighted by Gasteiger charge is 2.53. The maximum Gasteiger partial charge on any atom is 0.159 e. The summed E-state index contributed by atoms with van der Waals surface area (Å²) < 4.78 is 0. The van der Waals surface area contributed by atoms with Gasteiger partial charge in [0.2, 0.25) is 0 Å². The molecule has 5 heteroatoms. The normalized spacial score (nSPS) is 43.6. The average Bonchev–Trinajstić information content (AvgIpc) is 3.27. The first-order valence-electron chi connectivity index (χ1n) is 11.4. The molecule has 0 aliphatic heterocycles. The van der Waals surface area contributed by atoms with E-state index in [1.54, 1.807) is 12.4 Å². The van der Waals surface area contributed by atoms with Crippen LogP contribution in [0.2, 0.25) is 0 Å². The second-order valence-corrected chi connectivity index (χ2v) is 10.5. The number of carbonyl (C=O) groups excluding carboxylic acids is 1. The highest BCUT2D eigenvalue weighted by molar-refractivity contribution is 5.81. The summed E-state index contributed by atoms with van der Waals surface area (Å²) >= 11 is 0. The Labute approximate surface area is 169 Å². The minimum absolute atomic E-state index is 0.155. The van der Waals surface area contributed by atoms with Gasteiger partial charge in [-0.1, -0.05) is 20.3 Å². The minimum atomic E-state index is -0.467. The Morgan fingerprint density at radius 2 is 1.89 bits per heavy atom. The van der Waals surface area contributed by atoms with Gasteiger partial charge in [0.05, 0.1) is 18.0 Å². The van der Waals surface area contributed by atoms with Crippen LogP contribution in [0.1, 0.15) is 78.6 Å². The topological polar surface area (TPSA) is 68.0 Å². The number of hydrogen-bond donors (Lipinski definition) is 1. The third-order valence-electron chi connectivity index (χ3n) is 8.78. The van der Waals surface area contributed by atoms with Crippen molar-refractivity contribution in [1.82, 2.24) is 15.0 Å². The number of aliphatic hydroxyl groups is 1. The monoisotopic (exact) mass is 387 g/mol. The molecule has 1 aromatic rings.